The van der Waals surface area contributed by atoms with Crippen LogP contribution in [0.4, 0.5) is 24.9 Å². The van der Waals surface area contributed by atoms with Gasteiger partial charge in [-0.3, -0.25) is 0 Å². The molecular weight excluding hydrogens is 501 g/mol. The molecule has 1 saturated heterocycles. The molecule has 2 aromatic heterocycles. The monoisotopic (exact) mass is 522 g/mol. The second kappa shape index (κ2) is 10.0. The summed E-state index contributed by atoms with van der Waals surface area (Å²) in [4.78, 5) is 28.2. The molecule has 0 bridgehead atoms. The van der Waals surface area contributed by atoms with E-state index in [1.54, 1.807) is 18.5 Å². The summed E-state index contributed by atoms with van der Waals surface area (Å²) in [5, 5.41) is 9.89. The first-order chi connectivity index (χ1) is 17.0. The predicted octanol–water partition coefficient (Wildman–Crippen LogP) is 2.41. The lowest BCUT2D eigenvalue weighted by atomic mass is 10.00. The lowest BCUT2D eigenvalue weighted by molar-refractivity contribution is -0.192. The van der Waals surface area contributed by atoms with E-state index in [1.165, 1.54) is 6.33 Å². The first kappa shape index (κ1) is 25.3. The van der Waals surface area contributed by atoms with E-state index >= 15 is 0 Å². The van der Waals surface area contributed by atoms with Gasteiger partial charge >= 0.3 is 12.1 Å². The first-order valence-electron chi connectivity index (χ1n) is 10.7. The van der Waals surface area contributed by atoms with Crippen LogP contribution in [-0.2, 0) is 26.9 Å². The van der Waals surface area contributed by atoms with E-state index in [-0.39, 0.29) is 11.7 Å². The minimum Gasteiger partial charge on any atom is -0.475 e. The Balaban J connectivity index is 0.000000384. The highest BCUT2D eigenvalue weighted by molar-refractivity contribution is 7.91. The van der Waals surface area contributed by atoms with E-state index in [0.717, 1.165) is 17.1 Å². The van der Waals surface area contributed by atoms with E-state index in [1.807, 2.05) is 35.2 Å². The van der Waals surface area contributed by atoms with Gasteiger partial charge in [0.2, 0.25) is 5.95 Å². The van der Waals surface area contributed by atoms with Crippen molar-refractivity contribution in [3.8, 4) is 0 Å². The van der Waals surface area contributed by atoms with Crippen molar-refractivity contribution in [2.45, 2.75) is 29.6 Å². The second-order valence-corrected chi connectivity index (χ2v) is 10.4. The maximum atomic E-state index is 12.9. The smallest absolute Gasteiger partial charge is 0.475 e. The number of anilines is 2. The van der Waals surface area contributed by atoms with Crippen molar-refractivity contribution < 1.29 is 31.5 Å². The molecule has 190 valence electrons. The van der Waals surface area contributed by atoms with Crippen molar-refractivity contribution in [3.05, 3.63) is 71.9 Å². The number of aromatic nitrogens is 4. The number of benzene rings is 1. The fourth-order valence-corrected chi connectivity index (χ4v) is 6.09. The van der Waals surface area contributed by atoms with Gasteiger partial charge in [-0.15, -0.1) is 0 Å². The van der Waals surface area contributed by atoms with Crippen molar-refractivity contribution >= 4 is 27.6 Å². The van der Waals surface area contributed by atoms with Crippen LogP contribution >= 0.6 is 0 Å². The van der Waals surface area contributed by atoms with Crippen molar-refractivity contribution in [3.63, 3.8) is 0 Å². The molecule has 0 aliphatic carbocycles. The van der Waals surface area contributed by atoms with Gasteiger partial charge in [0, 0.05) is 43.5 Å². The Morgan fingerprint density at radius 3 is 2.50 bits per heavy atom. The molecule has 0 saturated carbocycles. The van der Waals surface area contributed by atoms with Crippen LogP contribution in [0.3, 0.4) is 0 Å². The lowest BCUT2D eigenvalue weighted by Crippen LogP contribution is -2.35. The highest BCUT2D eigenvalue weighted by atomic mass is 32.2. The zero-order valence-electron chi connectivity index (χ0n) is 18.6. The van der Waals surface area contributed by atoms with Gasteiger partial charge in [-0.05, 0) is 11.6 Å². The Hall–Kier alpha value is -3.81. The highest BCUT2D eigenvalue weighted by Gasteiger charge is 2.47. The number of rotatable bonds is 4. The van der Waals surface area contributed by atoms with E-state index in [9.17, 15) is 21.6 Å². The van der Waals surface area contributed by atoms with Crippen LogP contribution in [0.5, 0.6) is 0 Å². The molecule has 5 rings (SSSR count). The van der Waals surface area contributed by atoms with Gasteiger partial charge < -0.3 is 15.3 Å². The third kappa shape index (κ3) is 5.70. The molecule has 1 aromatic carbocycles. The fourth-order valence-electron chi connectivity index (χ4n) is 4.10. The maximum Gasteiger partial charge on any atom is 0.490 e. The number of hydrogen-bond donors (Lipinski definition) is 2. The fraction of sp³-hybridized carbons (Fsp3) is 0.318. The molecule has 0 spiro atoms. The average Bonchev–Trinajstić information content (AvgIpc) is 3.31. The van der Waals surface area contributed by atoms with Crippen molar-refractivity contribution in [2.24, 2.45) is 0 Å². The zero-order valence-corrected chi connectivity index (χ0v) is 19.4. The maximum absolute atomic E-state index is 12.9. The number of halogens is 3. The third-order valence-electron chi connectivity index (χ3n) is 5.76. The molecule has 0 amide bonds. The summed E-state index contributed by atoms with van der Waals surface area (Å²) < 4.78 is 57.5. The highest BCUT2D eigenvalue weighted by Crippen LogP contribution is 2.40. The molecule has 0 unspecified atom stereocenters. The normalized spacial score (nSPS) is 19.9. The Bertz CT molecular complexity index is 1330. The Morgan fingerprint density at radius 1 is 1.14 bits per heavy atom. The van der Waals surface area contributed by atoms with Crippen molar-refractivity contribution in [1.29, 1.82) is 0 Å². The number of carboxylic acids is 1. The molecule has 0 radical (unpaired) electrons. The van der Waals surface area contributed by atoms with E-state index in [4.69, 9.17) is 14.9 Å². The number of aliphatic carboxylic acids is 1. The molecule has 3 aromatic rings. The quantitative estimate of drug-likeness (QED) is 0.525. The van der Waals surface area contributed by atoms with Gasteiger partial charge in [0.25, 0.3) is 0 Å². The summed E-state index contributed by atoms with van der Waals surface area (Å²) in [6.07, 6.45) is -0.287. The Labute approximate surface area is 204 Å². The number of alkyl halides is 3. The molecular formula is C22H21F3N6O4S. The van der Waals surface area contributed by atoms with Gasteiger partial charge in [-0.1, -0.05) is 30.3 Å². The number of hydrogen-bond acceptors (Lipinski definition) is 9. The van der Waals surface area contributed by atoms with Crippen LogP contribution < -0.4 is 10.2 Å². The summed E-state index contributed by atoms with van der Waals surface area (Å²) in [6, 6.07) is 11.8. The van der Waals surface area contributed by atoms with Crippen molar-refractivity contribution in [2.75, 3.05) is 23.3 Å². The van der Waals surface area contributed by atoms with E-state index in [0.29, 0.717) is 31.1 Å². The largest absolute Gasteiger partial charge is 0.490 e. The summed E-state index contributed by atoms with van der Waals surface area (Å²) in [5.41, 5.74) is 2.65. The minimum atomic E-state index is -5.08. The number of nitrogens with zero attached hydrogens (tertiary/aromatic N) is 5. The molecule has 1 fully saturated rings. The van der Waals surface area contributed by atoms with Crippen LogP contribution in [0, 0.1) is 0 Å². The zero-order chi connectivity index (χ0) is 25.9. The first-order valence-corrected chi connectivity index (χ1v) is 12.4. The molecule has 14 heteroatoms. The molecule has 10 nitrogen and oxygen atoms in total. The van der Waals surface area contributed by atoms with Gasteiger partial charge in [-0.2, -0.15) is 13.2 Å². The number of nitrogens with one attached hydrogen (secondary N) is 1. The van der Waals surface area contributed by atoms with Gasteiger partial charge in [0.05, 0.1) is 16.7 Å². The third-order valence-corrected chi connectivity index (χ3v) is 7.87. The number of fused-ring (bicyclic) bond motifs is 3. The van der Waals surface area contributed by atoms with Crippen LogP contribution in [0.25, 0.3) is 0 Å². The summed E-state index contributed by atoms with van der Waals surface area (Å²) in [5.74, 6) is -1.71. The van der Waals surface area contributed by atoms with Crippen molar-refractivity contribution in [1.82, 2.24) is 19.9 Å². The van der Waals surface area contributed by atoms with Gasteiger partial charge in [0.1, 0.15) is 12.1 Å². The standard InChI is InChI=1S/C20H20N6O2S.C2HF3O2/c27-29(28)12-15-9-23-20(22-8-14-4-2-1-3-5-14)25-19(15)16-10-26(11-17(16)29)18-6-7-21-13-24-18;3-2(4,5)1(6)7/h1-7,9,13,16-17H,8,10-12H2,(H,22,23,25);(H,6,7)/t16-,17+;/m0./s1. The SMILES string of the molecule is O=C(O)C(F)(F)F.O=S1(=O)Cc2cnc(NCc3ccccc3)nc2[C@H]2CN(c3ccncn3)C[C@H]21. The van der Waals surface area contributed by atoms with E-state index in [2.05, 4.69) is 20.3 Å². The number of carboxylic acid groups (broad SMARTS) is 1. The predicted molar refractivity (Wildman–Crippen MR) is 123 cm³/mol. The number of carbonyl (C=O) groups is 1. The second-order valence-electron chi connectivity index (χ2n) is 8.17. The summed E-state index contributed by atoms with van der Waals surface area (Å²) in [6.45, 7) is 1.59. The van der Waals surface area contributed by atoms with Gasteiger partial charge in [-0.25, -0.2) is 33.1 Å². The molecule has 4 heterocycles. The Morgan fingerprint density at radius 2 is 1.86 bits per heavy atom. The lowest BCUT2D eigenvalue weighted by Gasteiger charge is -2.26. The number of sulfone groups is 1. The topological polar surface area (TPSA) is 138 Å². The van der Waals surface area contributed by atoms with Crippen LogP contribution in [0.2, 0.25) is 0 Å². The molecule has 2 atom stereocenters. The van der Waals surface area contributed by atoms with Gasteiger partial charge in [0.15, 0.2) is 9.84 Å². The van der Waals surface area contributed by atoms with E-state index < -0.39 is 27.2 Å². The summed E-state index contributed by atoms with van der Waals surface area (Å²) in [7, 11) is -3.27. The summed E-state index contributed by atoms with van der Waals surface area (Å²) >= 11 is 0. The van der Waals surface area contributed by atoms with Crippen LogP contribution in [-0.4, -0.2) is 63.9 Å². The molecule has 2 N–H and O–H groups in total. The Kier molecular flexibility index (Phi) is 7.06. The molecule has 2 aliphatic rings. The minimum absolute atomic E-state index is 0.0138. The van der Waals surface area contributed by atoms with Crippen LogP contribution in [0.1, 0.15) is 22.7 Å². The average molecular weight is 523 g/mol. The molecule has 36 heavy (non-hydrogen) atoms. The van der Waals surface area contributed by atoms with Crippen LogP contribution in [0.15, 0.2) is 55.1 Å². The molecule has 2 aliphatic heterocycles.